The van der Waals surface area contributed by atoms with Gasteiger partial charge in [-0.05, 0) is 31.5 Å². The van der Waals surface area contributed by atoms with Crippen LogP contribution in [0.1, 0.15) is 34.5 Å². The Morgan fingerprint density at radius 2 is 2.15 bits per heavy atom. The summed E-state index contributed by atoms with van der Waals surface area (Å²) in [6, 6.07) is 5.41. The quantitative estimate of drug-likeness (QED) is 0.729. The summed E-state index contributed by atoms with van der Waals surface area (Å²) in [4.78, 5) is 27.5. The Balaban J connectivity index is 1.62. The molecule has 0 N–H and O–H groups in total. The standard InChI is InChI=1S/C18H24N4O4/c1-13-4-5-16(26-13)18(24)21-10-14-6-8-19-22(14)15(11-21)7-9-25-12-17(23)20(2)3/h4-6,8,15H,7,9-12H2,1-3H3. The number of likely N-dealkylation sites (N-methyl/N-ethyl adjacent to an activating group) is 1. The van der Waals surface area contributed by atoms with E-state index in [1.807, 2.05) is 17.7 Å². The lowest BCUT2D eigenvalue weighted by molar-refractivity contribution is -0.133. The highest BCUT2D eigenvalue weighted by Crippen LogP contribution is 2.24. The average molecular weight is 360 g/mol. The number of furan rings is 1. The molecule has 0 radical (unpaired) electrons. The van der Waals surface area contributed by atoms with Crippen LogP contribution in [-0.2, 0) is 16.1 Å². The number of hydrogen-bond donors (Lipinski definition) is 0. The van der Waals surface area contributed by atoms with Crippen molar-refractivity contribution in [3.8, 4) is 0 Å². The minimum atomic E-state index is -0.126. The summed E-state index contributed by atoms with van der Waals surface area (Å²) >= 11 is 0. The first-order valence-electron chi connectivity index (χ1n) is 8.61. The summed E-state index contributed by atoms with van der Waals surface area (Å²) in [5.41, 5.74) is 0.974. The molecule has 8 heteroatoms. The zero-order chi connectivity index (χ0) is 18.7. The molecule has 0 aliphatic carbocycles. The van der Waals surface area contributed by atoms with Crippen LogP contribution in [0.5, 0.6) is 0 Å². The van der Waals surface area contributed by atoms with Gasteiger partial charge in [-0.25, -0.2) is 0 Å². The fraction of sp³-hybridized carbons (Fsp3) is 0.500. The molecule has 0 saturated carbocycles. The zero-order valence-corrected chi connectivity index (χ0v) is 15.3. The van der Waals surface area contributed by atoms with Gasteiger partial charge >= 0.3 is 0 Å². The molecule has 8 nitrogen and oxygen atoms in total. The number of hydrogen-bond acceptors (Lipinski definition) is 5. The molecule has 1 aliphatic heterocycles. The van der Waals surface area contributed by atoms with Gasteiger partial charge in [-0.3, -0.25) is 14.3 Å². The molecule has 3 rings (SSSR count). The number of fused-ring (bicyclic) bond motifs is 1. The monoisotopic (exact) mass is 360 g/mol. The van der Waals surface area contributed by atoms with E-state index in [1.165, 1.54) is 4.90 Å². The molecule has 1 aliphatic rings. The molecule has 2 aromatic heterocycles. The van der Waals surface area contributed by atoms with E-state index in [2.05, 4.69) is 5.10 Å². The third kappa shape index (κ3) is 3.96. The predicted molar refractivity (Wildman–Crippen MR) is 93.6 cm³/mol. The Morgan fingerprint density at radius 3 is 2.85 bits per heavy atom. The molecule has 140 valence electrons. The van der Waals surface area contributed by atoms with Crippen molar-refractivity contribution < 1.29 is 18.7 Å². The topological polar surface area (TPSA) is 80.8 Å². The van der Waals surface area contributed by atoms with Gasteiger partial charge in [0.1, 0.15) is 12.4 Å². The fourth-order valence-corrected chi connectivity index (χ4v) is 2.97. The second-order valence-corrected chi connectivity index (χ2v) is 6.65. The summed E-state index contributed by atoms with van der Waals surface area (Å²) in [5.74, 6) is 0.866. The highest BCUT2D eigenvalue weighted by molar-refractivity contribution is 5.91. The lowest BCUT2D eigenvalue weighted by Crippen LogP contribution is -2.41. The van der Waals surface area contributed by atoms with Gasteiger partial charge in [0, 0.05) is 33.4 Å². The van der Waals surface area contributed by atoms with Gasteiger partial charge in [0.15, 0.2) is 5.76 Å². The van der Waals surface area contributed by atoms with Crippen LogP contribution in [0.15, 0.2) is 28.8 Å². The largest absolute Gasteiger partial charge is 0.456 e. The first kappa shape index (κ1) is 18.2. The van der Waals surface area contributed by atoms with Crippen molar-refractivity contribution in [1.29, 1.82) is 0 Å². The minimum absolute atomic E-state index is 0.00298. The van der Waals surface area contributed by atoms with Gasteiger partial charge in [-0.2, -0.15) is 5.10 Å². The molecule has 26 heavy (non-hydrogen) atoms. The highest BCUT2D eigenvalue weighted by atomic mass is 16.5. The van der Waals surface area contributed by atoms with E-state index >= 15 is 0 Å². The van der Waals surface area contributed by atoms with E-state index in [-0.39, 0.29) is 24.5 Å². The van der Waals surface area contributed by atoms with E-state index in [4.69, 9.17) is 9.15 Å². The number of aryl methyl sites for hydroxylation is 1. The Bertz CT molecular complexity index is 780. The summed E-state index contributed by atoms with van der Waals surface area (Å²) in [5, 5.41) is 4.38. The number of ether oxygens (including phenoxy) is 1. The molecule has 0 spiro atoms. The van der Waals surface area contributed by atoms with E-state index in [9.17, 15) is 9.59 Å². The van der Waals surface area contributed by atoms with E-state index < -0.39 is 0 Å². The summed E-state index contributed by atoms with van der Waals surface area (Å²) in [6.45, 7) is 3.32. The molecule has 0 fully saturated rings. The van der Waals surface area contributed by atoms with Gasteiger partial charge in [0.05, 0.1) is 18.3 Å². The molecule has 0 bridgehead atoms. The number of nitrogens with zero attached hydrogens (tertiary/aromatic N) is 4. The number of rotatable bonds is 6. The Morgan fingerprint density at radius 1 is 1.35 bits per heavy atom. The zero-order valence-electron chi connectivity index (χ0n) is 15.3. The number of carbonyl (C=O) groups excluding carboxylic acids is 2. The van der Waals surface area contributed by atoms with Crippen molar-refractivity contribution in [2.75, 3.05) is 33.9 Å². The smallest absolute Gasteiger partial charge is 0.289 e. The first-order chi connectivity index (χ1) is 12.5. The number of carbonyl (C=O) groups is 2. The Labute approximate surface area is 152 Å². The third-order valence-electron chi connectivity index (χ3n) is 4.44. The summed E-state index contributed by atoms with van der Waals surface area (Å²) < 4.78 is 12.9. The Kier molecular flexibility index (Phi) is 5.41. The fourth-order valence-electron chi connectivity index (χ4n) is 2.97. The van der Waals surface area contributed by atoms with Crippen LogP contribution in [-0.4, -0.2) is 65.2 Å². The maximum absolute atomic E-state index is 12.7. The van der Waals surface area contributed by atoms with Gasteiger partial charge in [-0.15, -0.1) is 0 Å². The van der Waals surface area contributed by atoms with Crippen LogP contribution in [0.2, 0.25) is 0 Å². The molecule has 1 unspecified atom stereocenters. The molecule has 3 heterocycles. The molecule has 2 amide bonds. The molecule has 1 atom stereocenters. The van der Waals surface area contributed by atoms with Crippen molar-refractivity contribution in [3.63, 3.8) is 0 Å². The number of aromatic nitrogens is 2. The molecular weight excluding hydrogens is 336 g/mol. The highest BCUT2D eigenvalue weighted by Gasteiger charge is 2.30. The maximum atomic E-state index is 12.7. The van der Waals surface area contributed by atoms with Gasteiger partial charge in [0.2, 0.25) is 5.91 Å². The van der Waals surface area contributed by atoms with Crippen LogP contribution >= 0.6 is 0 Å². The normalized spacial score (nSPS) is 16.4. The third-order valence-corrected chi connectivity index (χ3v) is 4.44. The second-order valence-electron chi connectivity index (χ2n) is 6.65. The van der Waals surface area contributed by atoms with Crippen molar-refractivity contribution in [2.24, 2.45) is 0 Å². The van der Waals surface area contributed by atoms with Crippen LogP contribution in [0.3, 0.4) is 0 Å². The summed E-state index contributed by atoms with van der Waals surface area (Å²) in [6.07, 6.45) is 2.40. The minimum Gasteiger partial charge on any atom is -0.456 e. The summed E-state index contributed by atoms with van der Waals surface area (Å²) in [7, 11) is 3.39. The van der Waals surface area contributed by atoms with Gasteiger partial charge in [-0.1, -0.05) is 0 Å². The molecular formula is C18H24N4O4. The van der Waals surface area contributed by atoms with E-state index in [0.717, 1.165) is 5.69 Å². The molecule has 0 saturated heterocycles. The van der Waals surface area contributed by atoms with Crippen molar-refractivity contribution in [3.05, 3.63) is 41.6 Å². The Hall–Kier alpha value is -2.61. The van der Waals surface area contributed by atoms with E-state index in [0.29, 0.717) is 37.6 Å². The van der Waals surface area contributed by atoms with Crippen LogP contribution < -0.4 is 0 Å². The molecule has 0 aromatic carbocycles. The second kappa shape index (κ2) is 7.74. The van der Waals surface area contributed by atoms with Crippen LogP contribution in [0, 0.1) is 6.92 Å². The van der Waals surface area contributed by atoms with E-state index in [1.54, 1.807) is 37.3 Å². The van der Waals surface area contributed by atoms with Gasteiger partial charge < -0.3 is 19.0 Å². The van der Waals surface area contributed by atoms with Gasteiger partial charge in [0.25, 0.3) is 5.91 Å². The number of amides is 2. The van der Waals surface area contributed by atoms with Crippen LogP contribution in [0.25, 0.3) is 0 Å². The lowest BCUT2D eigenvalue weighted by Gasteiger charge is -2.33. The van der Waals surface area contributed by atoms with Crippen LogP contribution in [0.4, 0.5) is 0 Å². The SMILES string of the molecule is Cc1ccc(C(=O)N2Cc3ccnn3C(CCOCC(=O)N(C)C)C2)o1. The van der Waals surface area contributed by atoms with Crippen molar-refractivity contribution in [1.82, 2.24) is 19.6 Å². The predicted octanol–water partition coefficient (Wildman–Crippen LogP) is 1.48. The lowest BCUT2D eigenvalue weighted by atomic mass is 10.1. The van der Waals surface area contributed by atoms with Crippen molar-refractivity contribution >= 4 is 11.8 Å². The average Bonchev–Trinajstić information content (AvgIpc) is 3.26. The first-order valence-corrected chi connectivity index (χ1v) is 8.61. The van der Waals surface area contributed by atoms with Crippen molar-refractivity contribution in [2.45, 2.75) is 25.9 Å². The molecule has 2 aromatic rings. The maximum Gasteiger partial charge on any atom is 0.289 e.